The minimum absolute atomic E-state index is 0.0301. The van der Waals surface area contributed by atoms with Crippen molar-refractivity contribution in [1.29, 1.82) is 0 Å². The molecule has 1 aromatic carbocycles. The quantitative estimate of drug-likeness (QED) is 0.769. The number of rotatable bonds is 3. The van der Waals surface area contributed by atoms with Gasteiger partial charge < -0.3 is 10.2 Å². The van der Waals surface area contributed by atoms with Gasteiger partial charge in [-0.05, 0) is 25.0 Å². The van der Waals surface area contributed by atoms with Crippen molar-refractivity contribution in [2.75, 3.05) is 18.4 Å². The van der Waals surface area contributed by atoms with Gasteiger partial charge in [0.05, 0.1) is 17.2 Å². The second kappa shape index (κ2) is 7.17. The van der Waals surface area contributed by atoms with E-state index in [1.54, 1.807) is 11.1 Å². The fourth-order valence-corrected chi connectivity index (χ4v) is 3.59. The van der Waals surface area contributed by atoms with E-state index in [-0.39, 0.29) is 17.7 Å². The Kier molecular flexibility index (Phi) is 4.57. The minimum atomic E-state index is -0.137. The first kappa shape index (κ1) is 16.6. The van der Waals surface area contributed by atoms with Gasteiger partial charge in [0.15, 0.2) is 5.13 Å². The van der Waals surface area contributed by atoms with Crippen molar-refractivity contribution >= 4 is 39.3 Å². The number of carbonyl (C=O) groups is 2. The van der Waals surface area contributed by atoms with Crippen LogP contribution in [0.25, 0.3) is 11.0 Å². The number of fused-ring (bicyclic) bond motifs is 1. The maximum Gasteiger partial charge on any atom is 0.274 e. The van der Waals surface area contributed by atoms with E-state index in [1.807, 2.05) is 29.6 Å². The third-order valence-corrected chi connectivity index (χ3v) is 5.17. The molecule has 26 heavy (non-hydrogen) atoms. The summed E-state index contributed by atoms with van der Waals surface area (Å²) < 4.78 is 0. The molecule has 0 saturated carbocycles. The molecule has 3 heterocycles. The van der Waals surface area contributed by atoms with Crippen molar-refractivity contribution < 1.29 is 9.59 Å². The monoisotopic (exact) mass is 367 g/mol. The van der Waals surface area contributed by atoms with Crippen LogP contribution in [0.5, 0.6) is 0 Å². The SMILES string of the molecule is O=C(Nc1nccs1)C1CCN(C(=O)c2cnc3ccccc3n2)CC1. The molecule has 1 N–H and O–H groups in total. The van der Waals surface area contributed by atoms with Crippen LogP contribution in [0.3, 0.4) is 0 Å². The van der Waals surface area contributed by atoms with Gasteiger partial charge in [-0.15, -0.1) is 11.3 Å². The van der Waals surface area contributed by atoms with Gasteiger partial charge in [-0.2, -0.15) is 0 Å². The molecule has 2 amide bonds. The van der Waals surface area contributed by atoms with Gasteiger partial charge in [-0.3, -0.25) is 14.6 Å². The van der Waals surface area contributed by atoms with E-state index in [4.69, 9.17) is 0 Å². The highest BCUT2D eigenvalue weighted by atomic mass is 32.1. The standard InChI is InChI=1S/C18H17N5O2S/c24-16(22-18-19-7-10-26-18)12-5-8-23(9-6-12)17(25)15-11-20-13-3-1-2-4-14(13)21-15/h1-4,7,10-12H,5-6,8-9H2,(H,19,22,24). The number of nitrogens with zero attached hydrogens (tertiary/aromatic N) is 4. The van der Waals surface area contributed by atoms with Crippen molar-refractivity contribution in [3.8, 4) is 0 Å². The number of para-hydroxylation sites is 2. The molecule has 0 aliphatic carbocycles. The molecule has 3 aromatic rings. The number of thiazole rings is 1. The summed E-state index contributed by atoms with van der Waals surface area (Å²) in [5.74, 6) is -0.273. The molecule has 132 valence electrons. The van der Waals surface area contributed by atoms with Crippen molar-refractivity contribution in [3.05, 3.63) is 47.7 Å². The predicted octanol–water partition coefficient (Wildman–Crippen LogP) is 2.58. The molecule has 1 saturated heterocycles. The fraction of sp³-hybridized carbons (Fsp3) is 0.278. The lowest BCUT2D eigenvalue weighted by Gasteiger charge is -2.30. The van der Waals surface area contributed by atoms with Gasteiger partial charge in [0.25, 0.3) is 5.91 Å². The van der Waals surface area contributed by atoms with Crippen LogP contribution in [0.2, 0.25) is 0 Å². The first-order valence-corrected chi connectivity index (χ1v) is 9.30. The smallest absolute Gasteiger partial charge is 0.274 e. The molecule has 0 bridgehead atoms. The second-order valence-electron chi connectivity index (χ2n) is 6.14. The number of aromatic nitrogens is 3. The number of piperidine rings is 1. The Hall–Kier alpha value is -2.87. The van der Waals surface area contributed by atoms with Crippen LogP contribution < -0.4 is 5.32 Å². The van der Waals surface area contributed by atoms with Gasteiger partial charge in [-0.25, -0.2) is 9.97 Å². The Morgan fingerprint density at radius 3 is 2.62 bits per heavy atom. The normalized spacial score (nSPS) is 15.2. The summed E-state index contributed by atoms with van der Waals surface area (Å²) in [7, 11) is 0. The van der Waals surface area contributed by atoms with Crippen LogP contribution >= 0.6 is 11.3 Å². The zero-order chi connectivity index (χ0) is 17.9. The molecule has 0 atom stereocenters. The van der Waals surface area contributed by atoms with Crippen LogP contribution in [0, 0.1) is 5.92 Å². The van der Waals surface area contributed by atoms with Crippen molar-refractivity contribution in [3.63, 3.8) is 0 Å². The summed E-state index contributed by atoms with van der Waals surface area (Å²) in [6.07, 6.45) is 4.44. The summed E-state index contributed by atoms with van der Waals surface area (Å²) in [5.41, 5.74) is 1.81. The molecular formula is C18H17N5O2S. The summed E-state index contributed by atoms with van der Waals surface area (Å²) in [6, 6.07) is 7.47. The largest absolute Gasteiger partial charge is 0.337 e. The number of anilines is 1. The second-order valence-corrected chi connectivity index (χ2v) is 7.03. The molecule has 8 heteroatoms. The molecular weight excluding hydrogens is 350 g/mol. The van der Waals surface area contributed by atoms with Crippen molar-refractivity contribution in [1.82, 2.24) is 19.9 Å². The molecule has 1 aliphatic heterocycles. The number of amides is 2. The summed E-state index contributed by atoms with van der Waals surface area (Å²) >= 11 is 1.40. The summed E-state index contributed by atoms with van der Waals surface area (Å²) in [5, 5.41) is 5.26. The van der Waals surface area contributed by atoms with E-state index in [1.165, 1.54) is 17.5 Å². The number of hydrogen-bond donors (Lipinski definition) is 1. The maximum atomic E-state index is 12.7. The Labute approximate surface area is 154 Å². The number of likely N-dealkylation sites (tertiary alicyclic amines) is 1. The third-order valence-electron chi connectivity index (χ3n) is 4.48. The topological polar surface area (TPSA) is 88.1 Å². The van der Waals surface area contributed by atoms with Crippen molar-refractivity contribution in [2.45, 2.75) is 12.8 Å². The van der Waals surface area contributed by atoms with Gasteiger partial charge in [-0.1, -0.05) is 12.1 Å². The molecule has 0 spiro atoms. The number of nitrogens with one attached hydrogen (secondary N) is 1. The van der Waals surface area contributed by atoms with Crippen LogP contribution in [-0.4, -0.2) is 44.8 Å². The average molecular weight is 367 g/mol. The van der Waals surface area contributed by atoms with Crippen LogP contribution in [0.15, 0.2) is 42.0 Å². The zero-order valence-corrected chi connectivity index (χ0v) is 14.8. The Morgan fingerprint density at radius 1 is 1.12 bits per heavy atom. The lowest BCUT2D eigenvalue weighted by atomic mass is 9.96. The van der Waals surface area contributed by atoms with Crippen LogP contribution in [-0.2, 0) is 4.79 Å². The third kappa shape index (κ3) is 3.41. The Morgan fingerprint density at radius 2 is 1.88 bits per heavy atom. The average Bonchev–Trinajstić information content (AvgIpc) is 3.20. The Balaban J connectivity index is 1.39. The summed E-state index contributed by atoms with van der Waals surface area (Å²) in [6.45, 7) is 1.06. The van der Waals surface area contributed by atoms with Gasteiger partial charge in [0.2, 0.25) is 5.91 Å². The maximum absolute atomic E-state index is 12.7. The lowest BCUT2D eigenvalue weighted by molar-refractivity contribution is -0.121. The van der Waals surface area contributed by atoms with E-state index in [0.717, 1.165) is 5.52 Å². The first-order valence-electron chi connectivity index (χ1n) is 8.42. The van der Waals surface area contributed by atoms with Crippen LogP contribution in [0.1, 0.15) is 23.3 Å². The molecule has 4 rings (SSSR count). The fourth-order valence-electron chi connectivity index (χ4n) is 3.06. The predicted molar refractivity (Wildman–Crippen MR) is 98.9 cm³/mol. The summed E-state index contributed by atoms with van der Waals surface area (Å²) in [4.78, 5) is 39.5. The van der Waals surface area contributed by atoms with E-state index in [2.05, 4.69) is 20.3 Å². The number of benzene rings is 1. The highest BCUT2D eigenvalue weighted by molar-refractivity contribution is 7.13. The lowest BCUT2D eigenvalue weighted by Crippen LogP contribution is -2.41. The van der Waals surface area contributed by atoms with E-state index >= 15 is 0 Å². The Bertz CT molecular complexity index is 936. The molecule has 0 radical (unpaired) electrons. The first-order chi connectivity index (χ1) is 12.7. The van der Waals surface area contributed by atoms with Crippen molar-refractivity contribution in [2.24, 2.45) is 5.92 Å². The van der Waals surface area contributed by atoms with Gasteiger partial charge >= 0.3 is 0 Å². The highest BCUT2D eigenvalue weighted by Gasteiger charge is 2.28. The van der Waals surface area contributed by atoms with Gasteiger partial charge in [0.1, 0.15) is 5.69 Å². The molecule has 0 unspecified atom stereocenters. The van der Waals surface area contributed by atoms with Gasteiger partial charge in [0, 0.05) is 30.6 Å². The van der Waals surface area contributed by atoms with E-state index in [0.29, 0.717) is 42.3 Å². The molecule has 1 aliphatic rings. The molecule has 1 fully saturated rings. The highest BCUT2D eigenvalue weighted by Crippen LogP contribution is 2.21. The number of hydrogen-bond acceptors (Lipinski definition) is 6. The van der Waals surface area contributed by atoms with E-state index in [9.17, 15) is 9.59 Å². The van der Waals surface area contributed by atoms with Crippen LogP contribution in [0.4, 0.5) is 5.13 Å². The number of carbonyl (C=O) groups excluding carboxylic acids is 2. The van der Waals surface area contributed by atoms with E-state index < -0.39 is 0 Å². The minimum Gasteiger partial charge on any atom is -0.337 e. The molecule has 7 nitrogen and oxygen atoms in total. The molecule has 2 aromatic heterocycles. The zero-order valence-electron chi connectivity index (χ0n) is 14.0.